The first-order chi connectivity index (χ1) is 12.5. The number of nitrogens with zero attached hydrogens (tertiary/aromatic N) is 2. The van der Waals surface area contributed by atoms with Gasteiger partial charge >= 0.3 is 0 Å². The van der Waals surface area contributed by atoms with Crippen LogP contribution in [0, 0.1) is 12.7 Å². The number of hydrogen-bond acceptors (Lipinski definition) is 5. The van der Waals surface area contributed by atoms with E-state index in [4.69, 9.17) is 16.1 Å². The summed E-state index contributed by atoms with van der Waals surface area (Å²) >= 11 is 7.33. The van der Waals surface area contributed by atoms with Crippen LogP contribution >= 0.6 is 23.4 Å². The Morgan fingerprint density at radius 3 is 2.88 bits per heavy atom. The molecule has 0 bridgehead atoms. The number of carbonyl (C=O) groups excluding carboxylic acids is 1. The minimum absolute atomic E-state index is 0.177. The van der Waals surface area contributed by atoms with Crippen LogP contribution in [0.4, 0.5) is 10.1 Å². The second-order valence-electron chi connectivity index (χ2n) is 5.50. The SMILES string of the molecule is Cc1ccc(-c2noc(CSCC(=O)Nc3ccccc3Cl)n2)cc1F. The quantitative estimate of drug-likeness (QED) is 0.659. The topological polar surface area (TPSA) is 68.0 Å². The Balaban J connectivity index is 1.53. The van der Waals surface area contributed by atoms with Crippen LogP contribution in [-0.2, 0) is 10.5 Å². The number of anilines is 1. The van der Waals surface area contributed by atoms with Crippen LogP contribution < -0.4 is 5.32 Å². The van der Waals surface area contributed by atoms with Gasteiger partial charge in [0, 0.05) is 5.56 Å². The lowest BCUT2D eigenvalue weighted by Gasteiger charge is -2.05. The van der Waals surface area contributed by atoms with Crippen LogP contribution in [-0.4, -0.2) is 21.8 Å². The molecule has 3 aromatic rings. The average Bonchev–Trinajstić information content (AvgIpc) is 3.08. The lowest BCUT2D eigenvalue weighted by atomic mass is 10.1. The van der Waals surface area contributed by atoms with E-state index in [9.17, 15) is 9.18 Å². The molecule has 0 unspecified atom stereocenters. The number of benzene rings is 2. The zero-order chi connectivity index (χ0) is 18.5. The van der Waals surface area contributed by atoms with Crippen LogP contribution in [0.2, 0.25) is 5.02 Å². The number of carbonyl (C=O) groups is 1. The van der Waals surface area contributed by atoms with Crippen molar-refractivity contribution in [1.82, 2.24) is 10.1 Å². The molecule has 1 aromatic heterocycles. The molecular weight excluding hydrogens is 377 g/mol. The number of amides is 1. The summed E-state index contributed by atoms with van der Waals surface area (Å²) < 4.78 is 18.8. The van der Waals surface area contributed by atoms with Crippen molar-refractivity contribution in [2.24, 2.45) is 0 Å². The molecule has 3 rings (SSSR count). The molecule has 0 spiro atoms. The van der Waals surface area contributed by atoms with E-state index in [0.717, 1.165) is 0 Å². The smallest absolute Gasteiger partial charge is 0.236 e. The molecule has 0 aliphatic rings. The first-order valence-electron chi connectivity index (χ1n) is 7.74. The van der Waals surface area contributed by atoms with Crippen molar-refractivity contribution in [3.05, 3.63) is 64.8 Å². The molecule has 0 saturated heterocycles. The maximum Gasteiger partial charge on any atom is 0.236 e. The number of halogens is 2. The van der Waals surface area contributed by atoms with Gasteiger partial charge in [0.2, 0.25) is 17.6 Å². The minimum Gasteiger partial charge on any atom is -0.338 e. The van der Waals surface area contributed by atoms with Gasteiger partial charge in [-0.05, 0) is 30.7 Å². The molecule has 134 valence electrons. The average molecular weight is 392 g/mol. The Bertz CT molecular complexity index is 932. The first kappa shape index (κ1) is 18.4. The van der Waals surface area contributed by atoms with E-state index in [2.05, 4.69) is 15.5 Å². The lowest BCUT2D eigenvalue weighted by Crippen LogP contribution is -2.14. The van der Waals surface area contributed by atoms with E-state index in [1.807, 2.05) is 0 Å². The van der Waals surface area contributed by atoms with Gasteiger partial charge in [0.15, 0.2) is 0 Å². The molecule has 0 radical (unpaired) electrons. The Hall–Kier alpha value is -2.38. The third-order valence-corrected chi connectivity index (χ3v) is 4.75. The summed E-state index contributed by atoms with van der Waals surface area (Å²) in [6.45, 7) is 1.69. The Kier molecular flexibility index (Phi) is 5.90. The third kappa shape index (κ3) is 4.62. The van der Waals surface area contributed by atoms with E-state index in [-0.39, 0.29) is 17.5 Å². The van der Waals surface area contributed by atoms with Crippen LogP contribution in [0.15, 0.2) is 47.0 Å². The summed E-state index contributed by atoms with van der Waals surface area (Å²) in [7, 11) is 0. The molecule has 1 N–H and O–H groups in total. The van der Waals surface area contributed by atoms with E-state index >= 15 is 0 Å². The van der Waals surface area contributed by atoms with E-state index in [1.54, 1.807) is 43.3 Å². The van der Waals surface area contributed by atoms with E-state index in [1.165, 1.54) is 17.8 Å². The summed E-state index contributed by atoms with van der Waals surface area (Å²) in [5, 5.41) is 7.07. The predicted molar refractivity (Wildman–Crippen MR) is 101 cm³/mol. The first-order valence-corrected chi connectivity index (χ1v) is 9.27. The number of para-hydroxylation sites is 1. The van der Waals surface area contributed by atoms with Gasteiger partial charge in [-0.1, -0.05) is 41.0 Å². The van der Waals surface area contributed by atoms with Gasteiger partial charge in [-0.25, -0.2) is 4.39 Å². The van der Waals surface area contributed by atoms with E-state index < -0.39 is 0 Å². The molecule has 0 atom stereocenters. The van der Waals surface area contributed by atoms with Crippen molar-refractivity contribution in [1.29, 1.82) is 0 Å². The van der Waals surface area contributed by atoms with Crippen molar-refractivity contribution in [3.63, 3.8) is 0 Å². The number of aromatic nitrogens is 2. The summed E-state index contributed by atoms with van der Waals surface area (Å²) in [4.78, 5) is 16.2. The summed E-state index contributed by atoms with van der Waals surface area (Å²) in [6, 6.07) is 11.8. The second-order valence-corrected chi connectivity index (χ2v) is 6.89. The summed E-state index contributed by atoms with van der Waals surface area (Å²) in [5.74, 6) is 0.777. The number of thioether (sulfide) groups is 1. The number of hydrogen-bond donors (Lipinski definition) is 1. The molecule has 5 nitrogen and oxygen atoms in total. The standard InChI is InChI=1S/C18H15ClFN3O2S/c1-11-6-7-12(8-14(11)20)18-22-17(25-23-18)10-26-9-16(24)21-15-5-3-2-4-13(15)19/h2-8H,9-10H2,1H3,(H,21,24). The summed E-state index contributed by atoms with van der Waals surface area (Å²) in [6.07, 6.45) is 0. The molecule has 1 amide bonds. The van der Waals surface area contributed by atoms with Crippen LogP contribution in [0.5, 0.6) is 0 Å². The zero-order valence-electron chi connectivity index (χ0n) is 13.8. The van der Waals surface area contributed by atoms with Crippen molar-refractivity contribution < 1.29 is 13.7 Å². The molecule has 0 saturated carbocycles. The van der Waals surface area contributed by atoms with Gasteiger partial charge < -0.3 is 9.84 Å². The fourth-order valence-electron chi connectivity index (χ4n) is 2.14. The van der Waals surface area contributed by atoms with Gasteiger partial charge in [-0.15, -0.1) is 11.8 Å². The summed E-state index contributed by atoms with van der Waals surface area (Å²) in [5.41, 5.74) is 1.67. The lowest BCUT2D eigenvalue weighted by molar-refractivity contribution is -0.113. The van der Waals surface area contributed by atoms with Crippen molar-refractivity contribution in [2.45, 2.75) is 12.7 Å². The highest BCUT2D eigenvalue weighted by Crippen LogP contribution is 2.22. The molecule has 0 fully saturated rings. The van der Waals surface area contributed by atoms with Crippen LogP contribution in [0.25, 0.3) is 11.4 Å². The third-order valence-electron chi connectivity index (χ3n) is 3.50. The highest BCUT2D eigenvalue weighted by Gasteiger charge is 2.12. The van der Waals surface area contributed by atoms with Crippen LogP contribution in [0.3, 0.4) is 0 Å². The number of rotatable bonds is 6. The molecule has 8 heteroatoms. The molecule has 2 aromatic carbocycles. The normalized spacial score (nSPS) is 10.7. The Morgan fingerprint density at radius 1 is 1.31 bits per heavy atom. The van der Waals surface area contributed by atoms with Gasteiger partial charge in [-0.3, -0.25) is 4.79 Å². The Labute approximate surface area is 158 Å². The number of aryl methyl sites for hydroxylation is 1. The van der Waals surface area contributed by atoms with Crippen molar-refractivity contribution >= 4 is 35.0 Å². The largest absolute Gasteiger partial charge is 0.338 e. The van der Waals surface area contributed by atoms with Crippen molar-refractivity contribution in [3.8, 4) is 11.4 Å². The molecule has 26 heavy (non-hydrogen) atoms. The van der Waals surface area contributed by atoms with Gasteiger partial charge in [-0.2, -0.15) is 4.98 Å². The van der Waals surface area contributed by atoms with Crippen molar-refractivity contribution in [2.75, 3.05) is 11.1 Å². The predicted octanol–water partition coefficient (Wildman–Crippen LogP) is 4.71. The van der Waals surface area contributed by atoms with Gasteiger partial charge in [0.1, 0.15) is 5.82 Å². The van der Waals surface area contributed by atoms with Crippen LogP contribution in [0.1, 0.15) is 11.5 Å². The zero-order valence-corrected chi connectivity index (χ0v) is 15.4. The molecule has 0 aliphatic carbocycles. The maximum absolute atomic E-state index is 13.6. The fraction of sp³-hybridized carbons (Fsp3) is 0.167. The molecular formula is C18H15ClFN3O2S. The molecule has 0 aliphatic heterocycles. The highest BCUT2D eigenvalue weighted by atomic mass is 35.5. The maximum atomic E-state index is 13.6. The van der Waals surface area contributed by atoms with E-state index in [0.29, 0.717) is 39.3 Å². The monoisotopic (exact) mass is 391 g/mol. The van der Waals surface area contributed by atoms with Gasteiger partial charge in [0.25, 0.3) is 0 Å². The molecule has 1 heterocycles. The Morgan fingerprint density at radius 2 is 2.12 bits per heavy atom. The highest BCUT2D eigenvalue weighted by molar-refractivity contribution is 7.99. The number of nitrogens with one attached hydrogen (secondary N) is 1. The fourth-order valence-corrected chi connectivity index (χ4v) is 2.98. The second kappa shape index (κ2) is 8.33. The van der Waals surface area contributed by atoms with Gasteiger partial charge in [0.05, 0.1) is 22.2 Å². The minimum atomic E-state index is -0.320.